The molecule has 2 nitrogen and oxygen atoms in total. The van der Waals surface area contributed by atoms with Crippen LogP contribution in [0.5, 0.6) is 0 Å². The summed E-state index contributed by atoms with van der Waals surface area (Å²) in [4.78, 5) is 12.8. The van der Waals surface area contributed by atoms with Crippen molar-refractivity contribution in [1.82, 2.24) is 0 Å². The van der Waals surface area contributed by atoms with Gasteiger partial charge in [0.25, 0.3) is 0 Å². The minimum Gasteiger partial charge on any atom is -0.458 e. The first-order valence-corrected chi connectivity index (χ1v) is 10.0. The van der Waals surface area contributed by atoms with Crippen LogP contribution < -0.4 is 0 Å². The minimum absolute atomic E-state index is 0.0351. The molecule has 0 heterocycles. The minimum atomic E-state index is -0.346. The van der Waals surface area contributed by atoms with Gasteiger partial charge in [-0.1, -0.05) is 27.2 Å². The Hall–Kier alpha value is -0.530. The molecular formula is C21H36O2. The smallest absolute Gasteiger partial charge is 0.312 e. The number of ether oxygens (including phenoxy) is 1. The Balaban J connectivity index is 1.76. The summed E-state index contributed by atoms with van der Waals surface area (Å²) in [6.07, 6.45) is 9.90. The normalized spacial score (nSPS) is 43.1. The van der Waals surface area contributed by atoms with Crippen molar-refractivity contribution in [2.24, 2.45) is 35.0 Å². The quantitative estimate of drug-likeness (QED) is 0.617. The molecule has 3 aliphatic carbocycles. The molecule has 0 saturated heterocycles. The maximum atomic E-state index is 12.8. The van der Waals surface area contributed by atoms with Gasteiger partial charge in [-0.05, 0) is 82.5 Å². The molecule has 0 aromatic rings. The molecule has 0 aromatic heterocycles. The third-order valence-electron chi connectivity index (χ3n) is 7.69. The van der Waals surface area contributed by atoms with Gasteiger partial charge in [0, 0.05) is 5.92 Å². The SMILES string of the molecule is CCC(C)(C)C(=O)OC1(CC)CC2CC(C3CCC(C)C3)C1C2. The molecule has 3 fully saturated rings. The van der Waals surface area contributed by atoms with Gasteiger partial charge in [0.15, 0.2) is 0 Å². The van der Waals surface area contributed by atoms with Crippen molar-refractivity contribution in [1.29, 1.82) is 0 Å². The van der Waals surface area contributed by atoms with E-state index in [1.807, 2.05) is 13.8 Å². The van der Waals surface area contributed by atoms with E-state index >= 15 is 0 Å². The van der Waals surface area contributed by atoms with E-state index in [0.29, 0.717) is 5.92 Å². The summed E-state index contributed by atoms with van der Waals surface area (Å²) in [6.45, 7) is 10.8. The molecule has 0 aliphatic heterocycles. The Morgan fingerprint density at radius 3 is 2.43 bits per heavy atom. The summed E-state index contributed by atoms with van der Waals surface area (Å²) in [5.41, 5.74) is -0.496. The van der Waals surface area contributed by atoms with Gasteiger partial charge < -0.3 is 4.74 Å². The van der Waals surface area contributed by atoms with Gasteiger partial charge in [0.1, 0.15) is 5.60 Å². The second-order valence-corrected chi connectivity index (χ2v) is 9.54. The summed E-state index contributed by atoms with van der Waals surface area (Å²) in [5, 5.41) is 0. The number of hydrogen-bond acceptors (Lipinski definition) is 2. The van der Waals surface area contributed by atoms with Crippen LogP contribution in [0.2, 0.25) is 0 Å². The fourth-order valence-electron chi connectivity index (χ4n) is 5.82. The van der Waals surface area contributed by atoms with Crippen molar-refractivity contribution in [3.63, 3.8) is 0 Å². The third kappa shape index (κ3) is 2.96. The van der Waals surface area contributed by atoms with Crippen LogP contribution in [0.1, 0.15) is 86.0 Å². The molecule has 2 heteroatoms. The van der Waals surface area contributed by atoms with Crippen LogP contribution in [0.3, 0.4) is 0 Å². The van der Waals surface area contributed by atoms with Crippen molar-refractivity contribution < 1.29 is 9.53 Å². The van der Waals surface area contributed by atoms with E-state index in [-0.39, 0.29) is 17.0 Å². The van der Waals surface area contributed by atoms with E-state index in [1.54, 1.807) is 0 Å². The van der Waals surface area contributed by atoms with Gasteiger partial charge in [-0.25, -0.2) is 0 Å². The third-order valence-corrected chi connectivity index (χ3v) is 7.69. The van der Waals surface area contributed by atoms with E-state index in [2.05, 4.69) is 20.8 Å². The van der Waals surface area contributed by atoms with Crippen molar-refractivity contribution in [2.45, 2.75) is 91.6 Å². The van der Waals surface area contributed by atoms with E-state index in [4.69, 9.17) is 4.74 Å². The monoisotopic (exact) mass is 320 g/mol. The molecule has 0 spiro atoms. The number of carbonyl (C=O) groups is 1. The molecule has 0 amide bonds. The molecular weight excluding hydrogens is 284 g/mol. The highest BCUT2D eigenvalue weighted by Crippen LogP contribution is 2.61. The van der Waals surface area contributed by atoms with Crippen molar-refractivity contribution >= 4 is 5.97 Å². The standard InChI is InChI=1S/C21H36O2/c1-6-20(4,5)19(22)23-21(7-2)13-15-11-17(18(21)12-15)16-9-8-14(3)10-16/h14-18H,6-13H2,1-5H3. The van der Waals surface area contributed by atoms with Crippen LogP contribution in [0.4, 0.5) is 0 Å². The second-order valence-electron chi connectivity index (χ2n) is 9.54. The average molecular weight is 321 g/mol. The number of fused-ring (bicyclic) bond motifs is 2. The number of rotatable bonds is 5. The molecule has 0 aromatic carbocycles. The molecule has 2 bridgehead atoms. The first-order valence-electron chi connectivity index (χ1n) is 10.0. The molecule has 0 radical (unpaired) electrons. The molecule has 23 heavy (non-hydrogen) atoms. The lowest BCUT2D eigenvalue weighted by molar-refractivity contribution is -0.181. The van der Waals surface area contributed by atoms with Crippen LogP contribution >= 0.6 is 0 Å². The summed E-state index contributed by atoms with van der Waals surface area (Å²) in [7, 11) is 0. The molecule has 3 saturated carbocycles. The van der Waals surface area contributed by atoms with E-state index in [9.17, 15) is 4.79 Å². The fourth-order valence-corrected chi connectivity index (χ4v) is 5.82. The van der Waals surface area contributed by atoms with E-state index < -0.39 is 0 Å². The van der Waals surface area contributed by atoms with Gasteiger partial charge in [-0.3, -0.25) is 4.79 Å². The molecule has 3 rings (SSSR count). The van der Waals surface area contributed by atoms with Gasteiger partial charge in [-0.2, -0.15) is 0 Å². The van der Waals surface area contributed by atoms with Crippen LogP contribution in [0.25, 0.3) is 0 Å². The van der Waals surface area contributed by atoms with E-state index in [0.717, 1.165) is 42.9 Å². The van der Waals surface area contributed by atoms with Crippen molar-refractivity contribution in [2.75, 3.05) is 0 Å². The first kappa shape index (κ1) is 17.3. The zero-order chi connectivity index (χ0) is 16.8. The first-order chi connectivity index (χ1) is 10.8. The number of hydrogen-bond donors (Lipinski definition) is 0. The predicted octanol–water partition coefficient (Wildman–Crippen LogP) is 5.60. The molecule has 6 atom stereocenters. The van der Waals surface area contributed by atoms with Crippen LogP contribution in [-0.2, 0) is 9.53 Å². The molecule has 0 N–H and O–H groups in total. The summed E-state index contributed by atoms with van der Waals surface area (Å²) < 4.78 is 6.32. The number of carbonyl (C=O) groups excluding carboxylic acids is 1. The Kier molecular flexibility index (Phi) is 4.57. The second kappa shape index (κ2) is 6.08. The van der Waals surface area contributed by atoms with Gasteiger partial charge in [0.05, 0.1) is 5.41 Å². The zero-order valence-corrected chi connectivity index (χ0v) is 15.9. The van der Waals surface area contributed by atoms with Gasteiger partial charge in [0.2, 0.25) is 0 Å². The summed E-state index contributed by atoms with van der Waals surface area (Å²) in [5.74, 6) is 4.08. The lowest BCUT2D eigenvalue weighted by Gasteiger charge is -2.44. The van der Waals surface area contributed by atoms with E-state index in [1.165, 1.54) is 32.1 Å². The largest absolute Gasteiger partial charge is 0.458 e. The predicted molar refractivity (Wildman–Crippen MR) is 94.0 cm³/mol. The fraction of sp³-hybridized carbons (Fsp3) is 0.952. The highest BCUT2D eigenvalue weighted by atomic mass is 16.6. The van der Waals surface area contributed by atoms with Crippen molar-refractivity contribution in [3.8, 4) is 0 Å². The summed E-state index contributed by atoms with van der Waals surface area (Å²) in [6, 6.07) is 0. The Morgan fingerprint density at radius 1 is 1.17 bits per heavy atom. The van der Waals surface area contributed by atoms with Gasteiger partial charge >= 0.3 is 5.97 Å². The highest BCUT2D eigenvalue weighted by Gasteiger charge is 2.59. The Labute approximate surface area is 142 Å². The van der Waals surface area contributed by atoms with Crippen LogP contribution in [0, 0.1) is 35.0 Å². The highest BCUT2D eigenvalue weighted by molar-refractivity contribution is 5.76. The zero-order valence-electron chi connectivity index (χ0n) is 15.9. The topological polar surface area (TPSA) is 26.3 Å². The maximum absolute atomic E-state index is 12.8. The lowest BCUT2D eigenvalue weighted by Crippen LogP contribution is -2.47. The van der Waals surface area contributed by atoms with Crippen LogP contribution in [-0.4, -0.2) is 11.6 Å². The van der Waals surface area contributed by atoms with Crippen LogP contribution in [0.15, 0.2) is 0 Å². The lowest BCUT2D eigenvalue weighted by atomic mass is 9.69. The number of esters is 1. The summed E-state index contributed by atoms with van der Waals surface area (Å²) >= 11 is 0. The average Bonchev–Trinajstić information content (AvgIpc) is 3.21. The Morgan fingerprint density at radius 2 is 1.91 bits per heavy atom. The Bertz CT molecular complexity index is 455. The molecule has 6 unspecified atom stereocenters. The van der Waals surface area contributed by atoms with Crippen molar-refractivity contribution in [3.05, 3.63) is 0 Å². The maximum Gasteiger partial charge on any atom is 0.312 e. The van der Waals surface area contributed by atoms with Gasteiger partial charge in [-0.15, -0.1) is 0 Å². The molecule has 132 valence electrons. The molecule has 3 aliphatic rings.